The summed E-state index contributed by atoms with van der Waals surface area (Å²) in [5.74, 6) is -1.39. The van der Waals surface area contributed by atoms with Gasteiger partial charge in [0.15, 0.2) is 0 Å². The summed E-state index contributed by atoms with van der Waals surface area (Å²) < 4.78 is 44.4. The van der Waals surface area contributed by atoms with Gasteiger partial charge in [-0.25, -0.2) is 13.6 Å². The second-order valence-corrected chi connectivity index (χ2v) is 8.87. The number of carbonyl (C=O) groups excluding carboxylic acids is 1. The van der Waals surface area contributed by atoms with Crippen LogP contribution in [0.15, 0.2) is 23.7 Å². The van der Waals surface area contributed by atoms with Crippen molar-refractivity contribution in [3.63, 3.8) is 0 Å². The molecular formula is C20H28BF2NO4. The zero-order chi connectivity index (χ0) is 21.3. The van der Waals surface area contributed by atoms with Gasteiger partial charge in [0.2, 0.25) is 0 Å². The summed E-state index contributed by atoms with van der Waals surface area (Å²) in [6.45, 7) is 12.9. The van der Waals surface area contributed by atoms with Crippen LogP contribution < -0.4 is 5.32 Å². The molecule has 1 amide bonds. The van der Waals surface area contributed by atoms with E-state index in [4.69, 9.17) is 14.0 Å². The number of amides is 1. The van der Waals surface area contributed by atoms with E-state index in [1.54, 1.807) is 26.8 Å². The Morgan fingerprint density at radius 2 is 1.61 bits per heavy atom. The lowest BCUT2D eigenvalue weighted by atomic mass is 9.77. The Bertz CT molecular complexity index is 736. The van der Waals surface area contributed by atoms with Crippen molar-refractivity contribution >= 4 is 19.3 Å². The van der Waals surface area contributed by atoms with Crippen molar-refractivity contribution < 1.29 is 27.6 Å². The molecule has 1 aliphatic rings. The van der Waals surface area contributed by atoms with E-state index >= 15 is 0 Å². The quantitative estimate of drug-likeness (QED) is 0.763. The van der Waals surface area contributed by atoms with Crippen molar-refractivity contribution in [3.05, 3.63) is 40.9 Å². The van der Waals surface area contributed by atoms with Gasteiger partial charge in [0.25, 0.3) is 0 Å². The van der Waals surface area contributed by atoms with Crippen molar-refractivity contribution in [2.45, 2.75) is 65.3 Å². The van der Waals surface area contributed by atoms with Gasteiger partial charge < -0.3 is 19.4 Å². The fourth-order valence-corrected chi connectivity index (χ4v) is 2.56. The van der Waals surface area contributed by atoms with Crippen LogP contribution in [0.5, 0.6) is 0 Å². The molecule has 0 unspecified atom stereocenters. The Balaban J connectivity index is 2.28. The average molecular weight is 395 g/mol. The molecule has 0 saturated carbocycles. The van der Waals surface area contributed by atoms with Gasteiger partial charge >= 0.3 is 13.2 Å². The summed E-state index contributed by atoms with van der Waals surface area (Å²) >= 11 is 0. The first-order chi connectivity index (χ1) is 12.7. The van der Waals surface area contributed by atoms with Crippen molar-refractivity contribution in [1.82, 2.24) is 5.32 Å². The number of hydrogen-bond donors (Lipinski definition) is 1. The highest BCUT2D eigenvalue weighted by Gasteiger charge is 2.52. The van der Waals surface area contributed by atoms with Gasteiger partial charge in [-0.3, -0.25) is 0 Å². The molecule has 1 aromatic carbocycles. The highest BCUT2D eigenvalue weighted by atomic mass is 19.1. The lowest BCUT2D eigenvalue weighted by Gasteiger charge is -2.32. The summed E-state index contributed by atoms with van der Waals surface area (Å²) in [5.41, 5.74) is -1.04. The van der Waals surface area contributed by atoms with Crippen molar-refractivity contribution in [2.24, 2.45) is 0 Å². The minimum atomic E-state index is -0.786. The fraction of sp³-hybridized carbons (Fsp3) is 0.550. The molecule has 0 radical (unpaired) electrons. The lowest BCUT2D eigenvalue weighted by Crippen LogP contribution is -2.41. The zero-order valence-corrected chi connectivity index (χ0v) is 17.5. The van der Waals surface area contributed by atoms with E-state index in [1.165, 1.54) is 12.1 Å². The Labute approximate surface area is 165 Å². The molecule has 0 bridgehead atoms. The SMILES string of the molecule is CC(C)(C)OC(=O)NCC(=Cc1cc(F)cc(F)c1)B1OC(C)(C)C(C)(C)O1. The predicted molar refractivity (Wildman–Crippen MR) is 105 cm³/mol. The maximum atomic E-state index is 13.6. The summed E-state index contributed by atoms with van der Waals surface area (Å²) in [4.78, 5) is 12.0. The number of rotatable bonds is 4. The lowest BCUT2D eigenvalue weighted by molar-refractivity contribution is 0.00578. The van der Waals surface area contributed by atoms with Crippen LogP contribution in [-0.4, -0.2) is 36.6 Å². The zero-order valence-electron chi connectivity index (χ0n) is 17.5. The number of hydrogen-bond acceptors (Lipinski definition) is 4. The molecule has 0 aromatic heterocycles. The number of halogens is 2. The largest absolute Gasteiger partial charge is 0.492 e. The Morgan fingerprint density at radius 1 is 1.11 bits per heavy atom. The fourth-order valence-electron chi connectivity index (χ4n) is 2.56. The number of ether oxygens (including phenoxy) is 1. The van der Waals surface area contributed by atoms with E-state index in [0.717, 1.165) is 6.07 Å². The van der Waals surface area contributed by atoms with Crippen molar-refractivity contribution in [3.8, 4) is 0 Å². The monoisotopic (exact) mass is 395 g/mol. The highest BCUT2D eigenvalue weighted by molar-refractivity contribution is 6.56. The number of carbonyl (C=O) groups is 1. The normalized spacial score (nSPS) is 18.9. The minimum absolute atomic E-state index is 0.0316. The molecule has 0 spiro atoms. The number of benzene rings is 1. The minimum Gasteiger partial charge on any atom is -0.444 e. The first kappa shape index (κ1) is 22.4. The van der Waals surface area contributed by atoms with E-state index in [9.17, 15) is 13.6 Å². The van der Waals surface area contributed by atoms with Crippen LogP contribution in [0.1, 0.15) is 54.0 Å². The van der Waals surface area contributed by atoms with E-state index < -0.39 is 41.6 Å². The van der Waals surface area contributed by atoms with Gasteiger partial charge in [0.1, 0.15) is 17.2 Å². The van der Waals surface area contributed by atoms with Crippen molar-refractivity contribution in [1.29, 1.82) is 0 Å². The molecule has 1 aliphatic heterocycles. The van der Waals surface area contributed by atoms with Gasteiger partial charge in [-0.15, -0.1) is 0 Å². The Morgan fingerprint density at radius 3 is 2.07 bits per heavy atom. The Hall–Kier alpha value is -1.93. The summed E-state index contributed by atoms with van der Waals surface area (Å²) in [7, 11) is -0.786. The first-order valence-corrected chi connectivity index (χ1v) is 9.18. The molecule has 1 N–H and O–H groups in total. The summed E-state index contributed by atoms with van der Waals surface area (Å²) in [6.07, 6.45) is 0.937. The molecule has 28 heavy (non-hydrogen) atoms. The highest BCUT2D eigenvalue weighted by Crippen LogP contribution is 2.38. The smallest absolute Gasteiger partial charge is 0.444 e. The van der Waals surface area contributed by atoms with E-state index in [-0.39, 0.29) is 6.54 Å². The molecule has 2 rings (SSSR count). The Kier molecular flexibility index (Phi) is 6.26. The first-order valence-electron chi connectivity index (χ1n) is 9.18. The van der Waals surface area contributed by atoms with Gasteiger partial charge in [-0.2, -0.15) is 0 Å². The van der Waals surface area contributed by atoms with Crippen LogP contribution in [0, 0.1) is 11.6 Å². The maximum absolute atomic E-state index is 13.6. The van der Waals surface area contributed by atoms with Crippen LogP contribution in [0.4, 0.5) is 13.6 Å². The van der Waals surface area contributed by atoms with Crippen LogP contribution in [0.2, 0.25) is 0 Å². The average Bonchev–Trinajstić information content (AvgIpc) is 2.68. The van der Waals surface area contributed by atoms with Crippen LogP contribution in [0.25, 0.3) is 6.08 Å². The third-order valence-corrected chi connectivity index (χ3v) is 4.63. The molecule has 1 fully saturated rings. The van der Waals surface area contributed by atoms with Gasteiger partial charge in [0, 0.05) is 12.6 Å². The van der Waals surface area contributed by atoms with Gasteiger partial charge in [0.05, 0.1) is 11.2 Å². The molecule has 0 atom stereocenters. The third kappa shape index (κ3) is 5.78. The predicted octanol–water partition coefficient (Wildman–Crippen LogP) is 4.50. The second-order valence-electron chi connectivity index (χ2n) is 8.87. The van der Waals surface area contributed by atoms with E-state index in [2.05, 4.69) is 5.32 Å². The molecule has 8 heteroatoms. The molecule has 1 heterocycles. The van der Waals surface area contributed by atoms with Crippen LogP contribution in [-0.2, 0) is 14.0 Å². The van der Waals surface area contributed by atoms with E-state index in [1.807, 2.05) is 27.7 Å². The van der Waals surface area contributed by atoms with E-state index in [0.29, 0.717) is 11.0 Å². The van der Waals surface area contributed by atoms with Gasteiger partial charge in [-0.05, 0) is 71.6 Å². The molecule has 1 aromatic rings. The maximum Gasteiger partial charge on any atom is 0.492 e. The van der Waals surface area contributed by atoms with Crippen molar-refractivity contribution in [2.75, 3.05) is 6.54 Å². The molecule has 0 aliphatic carbocycles. The number of nitrogens with one attached hydrogen (secondary N) is 1. The molecular weight excluding hydrogens is 367 g/mol. The standard InChI is InChI=1S/C20H28BF2NO4/c1-18(2,3)26-17(25)24-12-14(8-13-9-15(22)11-16(23)10-13)21-27-19(4,5)20(6,7)28-21/h8-11H,12H2,1-7H3,(H,24,25). The molecule has 1 saturated heterocycles. The summed E-state index contributed by atoms with van der Waals surface area (Å²) in [5, 5.41) is 2.64. The molecule has 5 nitrogen and oxygen atoms in total. The second kappa shape index (κ2) is 7.83. The summed E-state index contributed by atoms with van der Waals surface area (Å²) in [6, 6.07) is 3.19. The van der Waals surface area contributed by atoms with Crippen LogP contribution >= 0.6 is 0 Å². The molecule has 154 valence electrons. The third-order valence-electron chi connectivity index (χ3n) is 4.63. The topological polar surface area (TPSA) is 56.8 Å². The van der Waals surface area contributed by atoms with Gasteiger partial charge in [-0.1, -0.05) is 6.08 Å². The number of alkyl carbamates (subject to hydrolysis) is 1. The van der Waals surface area contributed by atoms with Crippen LogP contribution in [0.3, 0.4) is 0 Å².